The highest BCUT2D eigenvalue weighted by Crippen LogP contribution is 2.23. The van der Waals surface area contributed by atoms with E-state index < -0.39 is 0 Å². The molecule has 0 heterocycles. The van der Waals surface area contributed by atoms with Crippen molar-refractivity contribution >= 4 is 37.6 Å². The third-order valence-corrected chi connectivity index (χ3v) is 3.17. The molecule has 76 valence electrons. The highest BCUT2D eigenvalue weighted by molar-refractivity contribution is 9.11. The van der Waals surface area contributed by atoms with Crippen LogP contribution in [0.25, 0.3) is 0 Å². The Labute approximate surface area is 101 Å². The molecule has 0 unspecified atom stereocenters. The van der Waals surface area contributed by atoms with Crippen molar-refractivity contribution in [2.75, 3.05) is 0 Å². The normalized spacial score (nSPS) is 10.2. The van der Waals surface area contributed by atoms with Crippen LogP contribution < -0.4 is 0 Å². The topological polar surface area (TPSA) is 17.1 Å². The maximum atomic E-state index is 11.7. The number of carbonyl (C=O) groups is 1. The first kappa shape index (κ1) is 11.9. The summed E-state index contributed by atoms with van der Waals surface area (Å²) in [7, 11) is 0. The molecule has 0 bridgehead atoms. The summed E-state index contributed by atoms with van der Waals surface area (Å²) in [6.07, 6.45) is 2.64. The van der Waals surface area contributed by atoms with Gasteiger partial charge in [0.2, 0.25) is 0 Å². The Morgan fingerprint density at radius 1 is 1.36 bits per heavy atom. The maximum absolute atomic E-state index is 11.7. The minimum Gasteiger partial charge on any atom is -0.294 e. The summed E-state index contributed by atoms with van der Waals surface area (Å²) in [6, 6.07) is 5.67. The summed E-state index contributed by atoms with van der Waals surface area (Å²) in [5.74, 6) is 0.208. The maximum Gasteiger partial charge on any atom is 0.164 e. The Kier molecular flexibility index (Phi) is 4.82. The van der Waals surface area contributed by atoms with Gasteiger partial charge in [-0.05, 0) is 24.6 Å². The number of hydrogen-bond acceptors (Lipinski definition) is 1. The van der Waals surface area contributed by atoms with Crippen LogP contribution in [0.4, 0.5) is 0 Å². The largest absolute Gasteiger partial charge is 0.294 e. The van der Waals surface area contributed by atoms with Crippen LogP contribution in [-0.4, -0.2) is 5.78 Å². The predicted octanol–water partition coefficient (Wildman–Crippen LogP) is 4.58. The molecule has 0 fully saturated rings. The molecule has 0 radical (unpaired) electrons. The number of ketones is 1. The molecule has 0 amide bonds. The first-order valence-electron chi connectivity index (χ1n) is 4.63. The zero-order valence-electron chi connectivity index (χ0n) is 8.02. The highest BCUT2D eigenvalue weighted by atomic mass is 79.9. The zero-order valence-corrected chi connectivity index (χ0v) is 11.2. The van der Waals surface area contributed by atoms with Crippen LogP contribution in [0.5, 0.6) is 0 Å². The van der Waals surface area contributed by atoms with E-state index in [1.54, 1.807) is 0 Å². The van der Waals surface area contributed by atoms with Crippen molar-refractivity contribution in [3.8, 4) is 0 Å². The lowest BCUT2D eigenvalue weighted by Gasteiger charge is -2.03. The molecule has 0 saturated carbocycles. The quantitative estimate of drug-likeness (QED) is 0.742. The van der Waals surface area contributed by atoms with Crippen molar-refractivity contribution in [1.29, 1.82) is 0 Å². The van der Waals surface area contributed by atoms with Gasteiger partial charge in [0.15, 0.2) is 5.78 Å². The van der Waals surface area contributed by atoms with Crippen molar-refractivity contribution in [3.05, 3.63) is 32.7 Å². The predicted molar refractivity (Wildman–Crippen MR) is 65.7 cm³/mol. The van der Waals surface area contributed by atoms with E-state index in [4.69, 9.17) is 0 Å². The van der Waals surface area contributed by atoms with Gasteiger partial charge in [0.05, 0.1) is 0 Å². The Morgan fingerprint density at radius 2 is 2.07 bits per heavy atom. The molecular weight excluding hydrogens is 308 g/mol. The van der Waals surface area contributed by atoms with Crippen LogP contribution in [0.3, 0.4) is 0 Å². The molecule has 0 aliphatic heterocycles. The molecule has 0 atom stereocenters. The lowest BCUT2D eigenvalue weighted by atomic mass is 10.1. The molecule has 1 nitrogen and oxygen atoms in total. The molecule has 0 aliphatic rings. The van der Waals surface area contributed by atoms with Gasteiger partial charge in [-0.2, -0.15) is 0 Å². The summed E-state index contributed by atoms with van der Waals surface area (Å²) in [4.78, 5) is 11.7. The average Bonchev–Trinajstić information content (AvgIpc) is 2.18. The second kappa shape index (κ2) is 5.66. The van der Waals surface area contributed by atoms with E-state index in [1.807, 2.05) is 18.2 Å². The lowest BCUT2D eigenvalue weighted by Crippen LogP contribution is -1.99. The molecule has 0 aromatic heterocycles. The second-order valence-electron chi connectivity index (χ2n) is 3.15. The molecule has 0 N–H and O–H groups in total. The van der Waals surface area contributed by atoms with Gasteiger partial charge in [0, 0.05) is 20.9 Å². The van der Waals surface area contributed by atoms with Crippen molar-refractivity contribution < 1.29 is 4.79 Å². The van der Waals surface area contributed by atoms with Crippen LogP contribution in [0.15, 0.2) is 27.1 Å². The summed E-state index contributed by atoms with van der Waals surface area (Å²) < 4.78 is 1.82. The van der Waals surface area contributed by atoms with Crippen LogP contribution in [0.1, 0.15) is 36.5 Å². The Hall–Kier alpha value is -0.150. The SMILES string of the molecule is CCCCC(=O)c1cc(Br)ccc1Br. The van der Waals surface area contributed by atoms with Gasteiger partial charge in [-0.3, -0.25) is 4.79 Å². The molecule has 0 spiro atoms. The number of unbranched alkanes of at least 4 members (excludes halogenated alkanes) is 1. The van der Waals surface area contributed by atoms with Crippen molar-refractivity contribution in [2.24, 2.45) is 0 Å². The molecule has 1 aromatic rings. The fourth-order valence-corrected chi connectivity index (χ4v) is 2.01. The van der Waals surface area contributed by atoms with Crippen LogP contribution in [-0.2, 0) is 0 Å². The Morgan fingerprint density at radius 3 is 2.71 bits per heavy atom. The van der Waals surface area contributed by atoms with Gasteiger partial charge in [0.1, 0.15) is 0 Å². The molecule has 0 aliphatic carbocycles. The number of carbonyl (C=O) groups excluding carboxylic acids is 1. The molecular formula is C11H12Br2O. The van der Waals surface area contributed by atoms with E-state index in [2.05, 4.69) is 38.8 Å². The smallest absolute Gasteiger partial charge is 0.164 e. The minimum absolute atomic E-state index is 0.208. The zero-order chi connectivity index (χ0) is 10.6. The molecule has 14 heavy (non-hydrogen) atoms. The third kappa shape index (κ3) is 3.21. The first-order chi connectivity index (χ1) is 6.65. The highest BCUT2D eigenvalue weighted by Gasteiger charge is 2.09. The van der Waals surface area contributed by atoms with Gasteiger partial charge >= 0.3 is 0 Å². The van der Waals surface area contributed by atoms with Crippen LogP contribution in [0.2, 0.25) is 0 Å². The van der Waals surface area contributed by atoms with E-state index in [1.165, 1.54) is 0 Å². The monoisotopic (exact) mass is 318 g/mol. The second-order valence-corrected chi connectivity index (χ2v) is 4.92. The van der Waals surface area contributed by atoms with Crippen LogP contribution in [0, 0.1) is 0 Å². The van der Waals surface area contributed by atoms with Gasteiger partial charge in [0.25, 0.3) is 0 Å². The van der Waals surface area contributed by atoms with Gasteiger partial charge in [-0.1, -0.05) is 45.2 Å². The third-order valence-electron chi connectivity index (χ3n) is 1.99. The lowest BCUT2D eigenvalue weighted by molar-refractivity contribution is 0.0979. The van der Waals surface area contributed by atoms with Crippen molar-refractivity contribution in [2.45, 2.75) is 26.2 Å². The van der Waals surface area contributed by atoms with Gasteiger partial charge in [-0.15, -0.1) is 0 Å². The molecule has 3 heteroatoms. The van der Waals surface area contributed by atoms with E-state index in [9.17, 15) is 4.79 Å². The number of Topliss-reactive ketones (excluding diaryl/α,β-unsaturated/α-hetero) is 1. The van der Waals surface area contributed by atoms with Crippen molar-refractivity contribution in [3.63, 3.8) is 0 Å². The summed E-state index contributed by atoms with van der Waals surface area (Å²) in [5.41, 5.74) is 0.771. The van der Waals surface area contributed by atoms with E-state index >= 15 is 0 Å². The van der Waals surface area contributed by atoms with E-state index in [0.717, 1.165) is 27.4 Å². The first-order valence-corrected chi connectivity index (χ1v) is 6.22. The fourth-order valence-electron chi connectivity index (χ4n) is 1.18. The van der Waals surface area contributed by atoms with Gasteiger partial charge < -0.3 is 0 Å². The fraction of sp³-hybridized carbons (Fsp3) is 0.364. The molecule has 1 aromatic carbocycles. The standard InChI is InChI=1S/C11H12Br2O/c1-2-3-4-11(14)9-7-8(12)5-6-10(9)13/h5-7H,2-4H2,1H3. The summed E-state index contributed by atoms with van der Waals surface area (Å²) in [5, 5.41) is 0. The average molecular weight is 320 g/mol. The van der Waals surface area contributed by atoms with E-state index in [0.29, 0.717) is 6.42 Å². The molecule has 0 saturated heterocycles. The number of hydrogen-bond donors (Lipinski definition) is 0. The summed E-state index contributed by atoms with van der Waals surface area (Å²) in [6.45, 7) is 2.09. The number of benzene rings is 1. The summed E-state index contributed by atoms with van der Waals surface area (Å²) >= 11 is 6.74. The Balaban J connectivity index is 2.83. The minimum atomic E-state index is 0.208. The number of halogens is 2. The van der Waals surface area contributed by atoms with E-state index in [-0.39, 0.29) is 5.78 Å². The van der Waals surface area contributed by atoms with Gasteiger partial charge in [-0.25, -0.2) is 0 Å². The van der Waals surface area contributed by atoms with Crippen molar-refractivity contribution in [1.82, 2.24) is 0 Å². The molecule has 1 rings (SSSR count). The Bertz CT molecular complexity index is 334. The number of rotatable bonds is 4. The van der Waals surface area contributed by atoms with Crippen LogP contribution >= 0.6 is 31.9 Å².